The summed E-state index contributed by atoms with van der Waals surface area (Å²) in [5.74, 6) is -0.990. The minimum atomic E-state index is -4.88. The first-order valence-corrected chi connectivity index (χ1v) is 14.4. The minimum Gasteiger partial charge on any atom is -0.341 e. The van der Waals surface area contributed by atoms with Gasteiger partial charge in [0.25, 0.3) is 11.5 Å². The van der Waals surface area contributed by atoms with Crippen LogP contribution in [0, 0.1) is 0 Å². The molecule has 236 valence electrons. The molecule has 2 aromatic carbocycles. The van der Waals surface area contributed by atoms with E-state index in [1.165, 1.54) is 24.4 Å². The van der Waals surface area contributed by atoms with Crippen LogP contribution in [-0.4, -0.2) is 42.9 Å². The Morgan fingerprint density at radius 3 is 2.29 bits per heavy atom. The van der Waals surface area contributed by atoms with E-state index in [0.717, 1.165) is 16.2 Å². The number of nitrogens with one attached hydrogen (secondary N) is 2. The predicted molar refractivity (Wildman–Crippen MR) is 160 cm³/mol. The van der Waals surface area contributed by atoms with Crippen molar-refractivity contribution in [2.24, 2.45) is 7.05 Å². The summed E-state index contributed by atoms with van der Waals surface area (Å²) < 4.78 is 58.6. The summed E-state index contributed by atoms with van der Waals surface area (Å²) in [5, 5.41) is 13.3. The van der Waals surface area contributed by atoms with Gasteiger partial charge in [0.15, 0.2) is 11.5 Å². The number of hydrogen-bond donors (Lipinski definition) is 2. The van der Waals surface area contributed by atoms with Gasteiger partial charge in [-0.05, 0) is 85.8 Å². The Bertz CT molecular complexity index is 1810. The van der Waals surface area contributed by atoms with E-state index in [2.05, 4.69) is 20.8 Å². The Morgan fingerprint density at radius 2 is 1.71 bits per heavy atom. The molecule has 1 saturated carbocycles. The van der Waals surface area contributed by atoms with Gasteiger partial charge in [-0.15, -0.1) is 10.2 Å². The summed E-state index contributed by atoms with van der Waals surface area (Å²) in [7, 11) is 1.78. The highest BCUT2D eigenvalue weighted by molar-refractivity contribution is 6.31. The van der Waals surface area contributed by atoms with Crippen molar-refractivity contribution in [2.75, 3.05) is 5.32 Å². The van der Waals surface area contributed by atoms with Gasteiger partial charge in [0.1, 0.15) is 17.9 Å². The fraction of sp³-hybridized carbons (Fsp3) is 0.323. The second-order valence-corrected chi connectivity index (χ2v) is 11.7. The molecule has 5 rings (SSSR count). The molecule has 0 saturated heterocycles. The van der Waals surface area contributed by atoms with E-state index >= 15 is 0 Å². The quantitative estimate of drug-likeness (QED) is 0.226. The smallest absolute Gasteiger partial charge is 0.341 e. The van der Waals surface area contributed by atoms with Crippen LogP contribution in [0.5, 0.6) is 0 Å². The molecule has 0 aliphatic heterocycles. The molecule has 2 N–H and O–H groups in total. The Labute approximate surface area is 260 Å². The molecule has 14 heteroatoms. The van der Waals surface area contributed by atoms with Crippen LogP contribution in [0.2, 0.25) is 5.02 Å². The number of carbonyl (C=O) groups excluding carboxylic acids is 2. The number of rotatable bonds is 9. The van der Waals surface area contributed by atoms with Crippen LogP contribution in [0.25, 0.3) is 22.5 Å². The Kier molecular flexibility index (Phi) is 8.58. The molecule has 1 aliphatic carbocycles. The monoisotopic (exact) mass is 644 g/mol. The summed E-state index contributed by atoms with van der Waals surface area (Å²) in [5.41, 5.74) is -2.72. The highest BCUT2D eigenvalue weighted by Crippen LogP contribution is 2.40. The second-order valence-electron chi connectivity index (χ2n) is 11.3. The van der Waals surface area contributed by atoms with Gasteiger partial charge < -0.3 is 19.8 Å². The van der Waals surface area contributed by atoms with E-state index in [1.807, 2.05) is 0 Å². The van der Waals surface area contributed by atoms with E-state index in [-0.39, 0.29) is 29.8 Å². The number of anilines is 1. The number of nitrogens with zero attached hydrogens (tertiary/aromatic N) is 4. The number of hydrogen-bond acceptors (Lipinski definition) is 5. The highest BCUT2D eigenvalue weighted by Gasteiger charge is 2.51. The molecule has 1 aliphatic rings. The normalized spacial score (nSPS) is 14.7. The average Bonchev–Trinajstić information content (AvgIpc) is 3.60. The standard InChI is InChI=1S/C31H29ClF4N6O3/c1-17(2)42-15-21(13-23(28(42)44)31(34,35)36)19-6-9-24(32)20(12-19)14-25(39-29(45)30(33)10-11-30)27(43)38-22-7-4-18(5-8-22)26-40-37-16-41(26)3/h4-9,12-13,15-17,25H,10-11,14H2,1-3H3,(H,38,43)(H,39,45). The lowest BCUT2D eigenvalue weighted by atomic mass is 9.98. The Balaban J connectivity index is 1.45. The van der Waals surface area contributed by atoms with Gasteiger partial charge in [-0.1, -0.05) is 17.7 Å². The first-order valence-electron chi connectivity index (χ1n) is 14.0. The van der Waals surface area contributed by atoms with Crippen molar-refractivity contribution in [3.63, 3.8) is 0 Å². The summed E-state index contributed by atoms with van der Waals surface area (Å²) in [6.45, 7) is 3.18. The van der Waals surface area contributed by atoms with Crippen molar-refractivity contribution in [3.8, 4) is 22.5 Å². The minimum absolute atomic E-state index is 0.0278. The van der Waals surface area contributed by atoms with Crippen molar-refractivity contribution in [3.05, 3.63) is 87.6 Å². The highest BCUT2D eigenvalue weighted by atomic mass is 35.5. The van der Waals surface area contributed by atoms with E-state index < -0.39 is 46.9 Å². The van der Waals surface area contributed by atoms with Crippen LogP contribution in [0.15, 0.2) is 65.8 Å². The zero-order chi connectivity index (χ0) is 32.7. The number of benzene rings is 2. The van der Waals surface area contributed by atoms with Crippen molar-refractivity contribution in [2.45, 2.75) is 57.0 Å². The molecule has 2 aromatic heterocycles. The first kappa shape index (κ1) is 31.9. The molecular formula is C31H29ClF4N6O3. The van der Waals surface area contributed by atoms with Crippen LogP contribution in [0.3, 0.4) is 0 Å². The van der Waals surface area contributed by atoms with Crippen LogP contribution in [0.1, 0.15) is 43.9 Å². The van der Waals surface area contributed by atoms with Gasteiger partial charge in [-0.2, -0.15) is 13.2 Å². The summed E-state index contributed by atoms with van der Waals surface area (Å²) in [6, 6.07) is 10.1. The summed E-state index contributed by atoms with van der Waals surface area (Å²) in [4.78, 5) is 38.7. The number of alkyl halides is 4. The maximum Gasteiger partial charge on any atom is 0.421 e. The van der Waals surface area contributed by atoms with Crippen molar-refractivity contribution in [1.82, 2.24) is 24.6 Å². The van der Waals surface area contributed by atoms with E-state index in [9.17, 15) is 31.9 Å². The van der Waals surface area contributed by atoms with Gasteiger partial charge in [0.05, 0.1) is 0 Å². The molecule has 2 amide bonds. The third-order valence-electron chi connectivity index (χ3n) is 7.55. The largest absolute Gasteiger partial charge is 0.421 e. The predicted octanol–water partition coefficient (Wildman–Crippen LogP) is 5.73. The van der Waals surface area contributed by atoms with E-state index in [1.54, 1.807) is 56.1 Å². The number of pyridine rings is 1. The number of halogens is 5. The lowest BCUT2D eigenvalue weighted by molar-refractivity contribution is -0.139. The van der Waals surface area contributed by atoms with Crippen LogP contribution < -0.4 is 16.2 Å². The number of amides is 2. The molecule has 1 unspecified atom stereocenters. The molecule has 0 radical (unpaired) electrons. The SMILES string of the molecule is CC(C)n1cc(-c2ccc(Cl)c(CC(NC(=O)C3(F)CC3)C(=O)Nc3ccc(-c4nncn4C)cc3)c2)cc(C(F)(F)F)c1=O. The number of aromatic nitrogens is 4. The molecule has 0 spiro atoms. The molecule has 1 fully saturated rings. The van der Waals surface area contributed by atoms with E-state index in [4.69, 9.17) is 11.6 Å². The summed E-state index contributed by atoms with van der Waals surface area (Å²) in [6.07, 6.45) is -2.16. The molecule has 9 nitrogen and oxygen atoms in total. The van der Waals surface area contributed by atoms with Gasteiger partial charge in [0, 0.05) is 42.0 Å². The molecule has 45 heavy (non-hydrogen) atoms. The maximum atomic E-state index is 14.6. The molecule has 2 heterocycles. The third-order valence-corrected chi connectivity index (χ3v) is 7.92. The van der Waals surface area contributed by atoms with Gasteiger partial charge in [-0.3, -0.25) is 14.4 Å². The van der Waals surface area contributed by atoms with Crippen LogP contribution in [-0.2, 0) is 29.2 Å². The topological polar surface area (TPSA) is 111 Å². The summed E-state index contributed by atoms with van der Waals surface area (Å²) >= 11 is 6.45. The fourth-order valence-electron chi connectivity index (χ4n) is 4.79. The van der Waals surface area contributed by atoms with Crippen LogP contribution >= 0.6 is 11.6 Å². The maximum absolute atomic E-state index is 14.6. The van der Waals surface area contributed by atoms with Gasteiger partial charge in [0.2, 0.25) is 5.91 Å². The lowest BCUT2D eigenvalue weighted by Crippen LogP contribution is -2.48. The van der Waals surface area contributed by atoms with E-state index in [0.29, 0.717) is 22.6 Å². The first-order chi connectivity index (χ1) is 21.2. The van der Waals surface area contributed by atoms with Crippen molar-refractivity contribution in [1.29, 1.82) is 0 Å². The van der Waals surface area contributed by atoms with Crippen LogP contribution in [0.4, 0.5) is 23.2 Å². The Morgan fingerprint density at radius 1 is 1.04 bits per heavy atom. The Hall–Kier alpha value is -4.52. The van der Waals surface area contributed by atoms with Crippen molar-refractivity contribution < 1.29 is 27.2 Å². The van der Waals surface area contributed by atoms with Crippen molar-refractivity contribution >= 4 is 29.1 Å². The van der Waals surface area contributed by atoms with Gasteiger partial charge >= 0.3 is 6.18 Å². The second kappa shape index (κ2) is 12.1. The number of aryl methyl sites for hydroxylation is 1. The third kappa shape index (κ3) is 6.93. The average molecular weight is 645 g/mol. The molecular weight excluding hydrogens is 616 g/mol. The zero-order valence-electron chi connectivity index (χ0n) is 24.5. The number of carbonyl (C=O) groups is 2. The lowest BCUT2D eigenvalue weighted by Gasteiger charge is -2.21. The molecule has 1 atom stereocenters. The molecule has 4 aromatic rings. The van der Waals surface area contributed by atoms with Gasteiger partial charge in [-0.25, -0.2) is 4.39 Å². The zero-order valence-corrected chi connectivity index (χ0v) is 25.2. The fourth-order valence-corrected chi connectivity index (χ4v) is 4.98. The molecule has 0 bridgehead atoms.